The van der Waals surface area contributed by atoms with E-state index in [1.54, 1.807) is 0 Å². The molecule has 0 bridgehead atoms. The lowest BCUT2D eigenvalue weighted by Gasteiger charge is -2.31. The van der Waals surface area contributed by atoms with Gasteiger partial charge in [-0.05, 0) is 194 Å². The zero-order valence-electron chi connectivity index (χ0n) is 57.8. The first-order chi connectivity index (χ1) is 46.5. The molecule has 0 fully saturated rings. The summed E-state index contributed by atoms with van der Waals surface area (Å²) in [5.74, 6) is 0.0772. The van der Waals surface area contributed by atoms with Crippen LogP contribution in [-0.4, -0.2) is 0 Å². The summed E-state index contributed by atoms with van der Waals surface area (Å²) >= 11 is 0. The first-order valence-electron chi connectivity index (χ1n) is 35.3. The highest BCUT2D eigenvalue weighted by Crippen LogP contribution is 2.65. The van der Waals surface area contributed by atoms with Gasteiger partial charge in [0.25, 0.3) is 0 Å². The number of benzene rings is 12. The van der Waals surface area contributed by atoms with Gasteiger partial charge in [0.05, 0.1) is 0 Å². The minimum absolute atomic E-state index is 0.0522. The van der Waals surface area contributed by atoms with Gasteiger partial charge >= 0.3 is 0 Å². The molecule has 0 saturated carbocycles. The topological polar surface area (TPSA) is 39.4 Å². The molecular formula is C94H78O3. The van der Waals surface area contributed by atoms with E-state index in [2.05, 4.69) is 296 Å². The Hall–Kier alpha value is -9.96. The Morgan fingerprint density at radius 1 is 0.320 bits per heavy atom. The van der Waals surface area contributed by atoms with Gasteiger partial charge in [-0.2, -0.15) is 0 Å². The number of fused-ring (bicyclic) bond motifs is 29. The van der Waals surface area contributed by atoms with E-state index in [9.17, 15) is 0 Å². The van der Waals surface area contributed by atoms with Crippen molar-refractivity contribution in [3.8, 4) is 66.8 Å². The highest BCUT2D eigenvalue weighted by molar-refractivity contribution is 6.22. The molecule has 3 aromatic heterocycles. The average Bonchev–Trinajstić information content (AvgIpc) is 1.52. The van der Waals surface area contributed by atoms with Crippen molar-refractivity contribution < 1.29 is 13.3 Å². The lowest BCUT2D eigenvalue weighted by molar-refractivity contribution is 0.590. The number of rotatable bonds is 6. The van der Waals surface area contributed by atoms with Crippen LogP contribution in [0.25, 0.3) is 133 Å². The van der Waals surface area contributed by atoms with Crippen LogP contribution in [0.3, 0.4) is 0 Å². The van der Waals surface area contributed by atoms with Crippen molar-refractivity contribution in [1.82, 2.24) is 0 Å². The highest BCUT2D eigenvalue weighted by atomic mass is 16.3. The van der Waals surface area contributed by atoms with E-state index in [1.165, 1.54) is 171 Å². The molecule has 1 atom stereocenters. The molecule has 5 aliphatic rings. The number of furan rings is 3. The van der Waals surface area contributed by atoms with Crippen LogP contribution in [0.4, 0.5) is 0 Å². The Labute approximate surface area is 567 Å². The van der Waals surface area contributed by atoms with Gasteiger partial charge in [0.1, 0.15) is 33.5 Å². The molecule has 15 aromatic rings. The summed E-state index contributed by atoms with van der Waals surface area (Å²) in [6, 6.07) is 79.1. The summed E-state index contributed by atoms with van der Waals surface area (Å²) < 4.78 is 20.7. The lowest BCUT2D eigenvalue weighted by Crippen LogP contribution is -2.24. The van der Waals surface area contributed by atoms with Crippen molar-refractivity contribution >= 4 is 65.8 Å². The highest BCUT2D eigenvalue weighted by Gasteiger charge is 2.50. The van der Waals surface area contributed by atoms with Crippen molar-refractivity contribution in [1.29, 1.82) is 0 Å². The zero-order chi connectivity index (χ0) is 66.1. The summed E-state index contributed by atoms with van der Waals surface area (Å²) in [6.45, 7) is 31.4. The molecule has 3 heteroatoms. The second kappa shape index (κ2) is 18.8. The average molecular weight is 1260 g/mol. The molecule has 5 aliphatic carbocycles. The summed E-state index contributed by atoms with van der Waals surface area (Å²) in [5, 5.41) is 7.22. The zero-order valence-corrected chi connectivity index (χ0v) is 57.8. The first kappa shape index (κ1) is 57.3. The molecule has 0 spiro atoms. The van der Waals surface area contributed by atoms with Gasteiger partial charge in [0.15, 0.2) is 0 Å². The monoisotopic (exact) mass is 1250 g/mol. The van der Waals surface area contributed by atoms with Crippen LogP contribution in [0.15, 0.2) is 220 Å². The molecule has 20 rings (SSSR count). The van der Waals surface area contributed by atoms with Gasteiger partial charge in [-0.15, -0.1) is 0 Å². The fourth-order valence-corrected chi connectivity index (χ4v) is 19.8. The standard InChI is InChI=1S/C94H78O3/c1-89(2,3)54-36-32-51(33-37-54)63-47-73-78(82-61-24-16-20-28-75(61)96-87(63)82)58-39-31-50(44-68(58)92(73,8)9)30-38-55(52-34-40-56-64-48-72-65(49-71(64)91(6,7)69(56)45-52)79-67(90(72,4)5)42-43-77-80(79)60-23-15-19-27-74(60)95-77)53-35-41-59-70(46-53)94(12,13)86-84(59)88-83(62-25-17-21-29-76(62)97-88)81-57-22-14-18-26-66(57)93(10,11)85(81)86/h14-29,31-37,39-49,55H,30,38H2,1-13H3. The maximum Gasteiger partial charge on any atom is 0.144 e. The van der Waals surface area contributed by atoms with Crippen molar-refractivity contribution in [2.75, 3.05) is 0 Å². The third-order valence-corrected chi connectivity index (χ3v) is 24.9. The predicted molar refractivity (Wildman–Crippen MR) is 403 cm³/mol. The third-order valence-electron chi connectivity index (χ3n) is 24.9. The molecule has 12 aromatic carbocycles. The van der Waals surface area contributed by atoms with Crippen molar-refractivity contribution in [2.45, 2.75) is 141 Å². The van der Waals surface area contributed by atoms with Crippen LogP contribution < -0.4 is 0 Å². The van der Waals surface area contributed by atoms with Crippen LogP contribution in [-0.2, 0) is 38.9 Å². The number of hydrogen-bond donors (Lipinski definition) is 0. The maximum atomic E-state index is 7.20. The fraction of sp³-hybridized carbons (Fsp3) is 0.234. The van der Waals surface area contributed by atoms with E-state index in [0.717, 1.165) is 51.9 Å². The van der Waals surface area contributed by atoms with Crippen molar-refractivity contribution in [3.63, 3.8) is 0 Å². The van der Waals surface area contributed by atoms with Gasteiger partial charge in [-0.3, -0.25) is 0 Å². The SMILES string of the molecule is CC(C)(C)c1ccc(-c2cc3c(c4c2oc2ccccc24)-c2ccc(CCC(c4ccc5c(c4)C(C)(C)c4cc6c(cc4-5)C(C)(C)c4ccc5oc7ccccc7c5c4-6)c4ccc5c(c4)C(C)(C)c4c6c(c7c(oc8ccccc87)c4-5)-c4ccccc4C6(C)C)cc2C3(C)C)cc1. The van der Waals surface area contributed by atoms with E-state index in [-0.39, 0.29) is 38.4 Å². The molecule has 97 heavy (non-hydrogen) atoms. The van der Waals surface area contributed by atoms with Crippen LogP contribution in [0.1, 0.15) is 180 Å². The van der Waals surface area contributed by atoms with E-state index in [1.807, 2.05) is 0 Å². The molecule has 0 amide bonds. The van der Waals surface area contributed by atoms with Gasteiger partial charge in [-0.1, -0.05) is 254 Å². The van der Waals surface area contributed by atoms with Gasteiger partial charge in [-0.25, -0.2) is 0 Å². The molecule has 3 heterocycles. The quantitative estimate of drug-likeness (QED) is 0.167. The second-order valence-electron chi connectivity index (χ2n) is 32.9. The summed E-state index contributed by atoms with van der Waals surface area (Å²) in [5.41, 5.74) is 39.3. The number of hydrogen-bond acceptors (Lipinski definition) is 3. The Balaban J connectivity index is 0.738. The first-order valence-corrected chi connectivity index (χ1v) is 35.3. The van der Waals surface area contributed by atoms with Crippen LogP contribution in [0.2, 0.25) is 0 Å². The molecule has 0 radical (unpaired) electrons. The molecule has 0 N–H and O–H groups in total. The normalized spacial score (nSPS) is 16.8. The van der Waals surface area contributed by atoms with E-state index < -0.39 is 0 Å². The second-order valence-corrected chi connectivity index (χ2v) is 32.9. The summed E-state index contributed by atoms with van der Waals surface area (Å²) in [4.78, 5) is 0. The minimum atomic E-state index is -0.341. The lowest BCUT2D eigenvalue weighted by atomic mass is 9.71. The van der Waals surface area contributed by atoms with Crippen LogP contribution in [0, 0.1) is 0 Å². The number of para-hydroxylation sites is 3. The Morgan fingerprint density at radius 3 is 1.51 bits per heavy atom. The van der Waals surface area contributed by atoms with E-state index in [0.29, 0.717) is 0 Å². The van der Waals surface area contributed by atoms with E-state index >= 15 is 0 Å². The molecule has 1 unspecified atom stereocenters. The maximum absolute atomic E-state index is 7.20. The Kier molecular flexibility index (Phi) is 11.1. The van der Waals surface area contributed by atoms with Crippen LogP contribution in [0.5, 0.6) is 0 Å². The smallest absolute Gasteiger partial charge is 0.144 e. The van der Waals surface area contributed by atoms with Gasteiger partial charge < -0.3 is 13.3 Å². The largest absolute Gasteiger partial charge is 0.456 e. The van der Waals surface area contributed by atoms with Gasteiger partial charge in [0.2, 0.25) is 0 Å². The predicted octanol–water partition coefficient (Wildman–Crippen LogP) is 25.6. The molecule has 0 aliphatic heterocycles. The van der Waals surface area contributed by atoms with Gasteiger partial charge in [0, 0.05) is 76.4 Å². The Morgan fingerprint density at radius 2 is 0.804 bits per heavy atom. The third kappa shape index (κ3) is 7.38. The molecule has 472 valence electrons. The van der Waals surface area contributed by atoms with E-state index in [4.69, 9.17) is 13.3 Å². The fourth-order valence-electron chi connectivity index (χ4n) is 19.8. The molecule has 3 nitrogen and oxygen atoms in total. The van der Waals surface area contributed by atoms with Crippen LogP contribution >= 0.6 is 0 Å². The minimum Gasteiger partial charge on any atom is -0.456 e. The molecular weight excluding hydrogens is 1180 g/mol. The van der Waals surface area contributed by atoms with Crippen molar-refractivity contribution in [2.24, 2.45) is 0 Å². The summed E-state index contributed by atoms with van der Waals surface area (Å²) in [6.07, 6.45) is 1.83. The van der Waals surface area contributed by atoms with Crippen molar-refractivity contribution in [3.05, 3.63) is 284 Å². The summed E-state index contributed by atoms with van der Waals surface area (Å²) in [7, 11) is 0. The Bertz CT molecular complexity index is 6060. The molecule has 0 saturated heterocycles. The number of aryl methyl sites for hydroxylation is 1.